The monoisotopic (exact) mass is 406 g/mol. The minimum Gasteiger partial charge on any atom is -0.301 e. The Balaban J connectivity index is 2.08. The molecule has 0 saturated carbocycles. The van der Waals surface area contributed by atoms with E-state index in [0.29, 0.717) is 11.3 Å². The van der Waals surface area contributed by atoms with Gasteiger partial charge in [0, 0.05) is 15.0 Å². The van der Waals surface area contributed by atoms with Crippen molar-refractivity contribution in [3.05, 3.63) is 79.3 Å². The second-order valence-corrected chi connectivity index (χ2v) is 6.78. The van der Waals surface area contributed by atoms with Gasteiger partial charge in [0.25, 0.3) is 11.8 Å². The van der Waals surface area contributed by atoms with Crippen LogP contribution in [0.4, 0.5) is 0 Å². The molecule has 3 rings (SSSR count). The van der Waals surface area contributed by atoms with Crippen LogP contribution in [-0.4, -0.2) is 40.5 Å². The summed E-state index contributed by atoms with van der Waals surface area (Å²) in [5, 5.41) is 11.6. The maximum Gasteiger partial charge on any atom is 0.262 e. The van der Waals surface area contributed by atoms with Gasteiger partial charge in [-0.25, -0.2) is 0 Å². The first-order valence-electron chi connectivity index (χ1n) is 7.84. The number of carbonyl (C=O) groups excluding carboxylic acids is 3. The number of nitrogens with zero attached hydrogens (tertiary/aromatic N) is 2. The minimum atomic E-state index is -1.39. The fourth-order valence-electron chi connectivity index (χ4n) is 3.17. The smallest absolute Gasteiger partial charge is 0.262 e. The molecule has 1 aliphatic heterocycles. The molecule has 7 nitrogen and oxygen atoms in total. The first kappa shape index (κ1) is 19.0. The zero-order chi connectivity index (χ0) is 19.7. The summed E-state index contributed by atoms with van der Waals surface area (Å²) in [7, 11) is 0. The highest BCUT2D eigenvalue weighted by Crippen LogP contribution is 2.34. The van der Waals surface area contributed by atoms with Crippen molar-refractivity contribution in [3.8, 4) is 0 Å². The molecule has 2 atom stereocenters. The molecule has 2 aromatic carbocycles. The summed E-state index contributed by atoms with van der Waals surface area (Å²) in [6.45, 7) is -0.696. The number of amides is 2. The van der Waals surface area contributed by atoms with Crippen LogP contribution in [0.5, 0.6) is 0 Å². The van der Waals surface area contributed by atoms with E-state index in [1.165, 1.54) is 30.3 Å². The van der Waals surface area contributed by atoms with Crippen LogP contribution in [0.25, 0.3) is 0 Å². The van der Waals surface area contributed by atoms with Crippen molar-refractivity contribution in [3.63, 3.8) is 0 Å². The van der Waals surface area contributed by atoms with Crippen LogP contribution in [0.3, 0.4) is 0 Å². The Kier molecular flexibility index (Phi) is 5.25. The number of hydrogen-bond donors (Lipinski definition) is 0. The maximum atomic E-state index is 12.7. The van der Waals surface area contributed by atoms with Gasteiger partial charge in [-0.2, -0.15) is 0 Å². The second-order valence-electron chi connectivity index (χ2n) is 5.94. The molecule has 9 heteroatoms. The van der Waals surface area contributed by atoms with Crippen molar-refractivity contribution >= 4 is 41.3 Å². The fraction of sp³-hybridized carbons (Fsp3) is 0.167. The van der Waals surface area contributed by atoms with Gasteiger partial charge in [-0.15, -0.1) is 0 Å². The average molecular weight is 407 g/mol. The van der Waals surface area contributed by atoms with E-state index in [9.17, 15) is 24.5 Å². The predicted octanol–water partition coefficient (Wildman–Crippen LogP) is 3.22. The normalized spacial score (nSPS) is 15.4. The van der Waals surface area contributed by atoms with Crippen molar-refractivity contribution in [2.24, 2.45) is 0 Å². The lowest BCUT2D eigenvalue weighted by Crippen LogP contribution is -2.46. The summed E-state index contributed by atoms with van der Waals surface area (Å²) in [4.78, 5) is 48.6. The maximum absolute atomic E-state index is 12.7. The molecule has 2 amide bonds. The second kappa shape index (κ2) is 7.46. The molecule has 0 bridgehead atoms. The Labute approximate surface area is 163 Å². The third kappa shape index (κ3) is 3.43. The van der Waals surface area contributed by atoms with E-state index in [0.717, 1.165) is 4.90 Å². The molecule has 0 saturated heterocycles. The number of imide groups is 1. The number of hydrogen-bond acceptors (Lipinski definition) is 5. The zero-order valence-electron chi connectivity index (χ0n) is 13.7. The molecule has 0 radical (unpaired) electrons. The van der Waals surface area contributed by atoms with Crippen molar-refractivity contribution in [1.29, 1.82) is 0 Å². The summed E-state index contributed by atoms with van der Waals surface area (Å²) in [5.41, 5.74) is 0.555. The summed E-state index contributed by atoms with van der Waals surface area (Å²) in [6, 6.07) is 9.04. The van der Waals surface area contributed by atoms with Crippen LogP contribution in [0.1, 0.15) is 32.2 Å². The minimum absolute atomic E-state index is 0.109. The average Bonchev–Trinajstić information content (AvgIpc) is 2.87. The molecule has 1 aliphatic rings. The number of rotatable bonds is 6. The van der Waals surface area contributed by atoms with Crippen LogP contribution in [0, 0.1) is 10.1 Å². The lowest BCUT2D eigenvalue weighted by atomic mass is 9.91. The lowest BCUT2D eigenvalue weighted by molar-refractivity contribution is -0.484. The van der Waals surface area contributed by atoms with E-state index in [4.69, 9.17) is 23.2 Å². The zero-order valence-corrected chi connectivity index (χ0v) is 15.2. The fourth-order valence-corrected chi connectivity index (χ4v) is 3.72. The van der Waals surface area contributed by atoms with Gasteiger partial charge >= 0.3 is 0 Å². The quantitative estimate of drug-likeness (QED) is 0.317. The van der Waals surface area contributed by atoms with Gasteiger partial charge in [0.1, 0.15) is 12.3 Å². The SMILES string of the molecule is O=C[C@@H]([C@H](C[N+](=O)[O-])c1ccc(Cl)cc1Cl)N1C(=O)c2ccccc2C1=O. The Bertz CT molecular complexity index is 928. The molecule has 138 valence electrons. The Morgan fingerprint density at radius 2 is 1.67 bits per heavy atom. The molecule has 0 aromatic heterocycles. The third-order valence-corrected chi connectivity index (χ3v) is 4.95. The van der Waals surface area contributed by atoms with Crippen LogP contribution < -0.4 is 0 Å². The molecular weight excluding hydrogens is 395 g/mol. The van der Waals surface area contributed by atoms with Crippen molar-refractivity contribution in [2.75, 3.05) is 6.54 Å². The summed E-state index contributed by atoms with van der Waals surface area (Å²) < 4.78 is 0. The lowest BCUT2D eigenvalue weighted by Gasteiger charge is -2.28. The van der Waals surface area contributed by atoms with Gasteiger partial charge in [0.05, 0.1) is 17.0 Å². The molecule has 27 heavy (non-hydrogen) atoms. The van der Waals surface area contributed by atoms with E-state index < -0.39 is 35.2 Å². The van der Waals surface area contributed by atoms with Crippen molar-refractivity contribution in [2.45, 2.75) is 12.0 Å². The molecule has 0 spiro atoms. The first-order chi connectivity index (χ1) is 12.8. The van der Waals surface area contributed by atoms with Gasteiger partial charge in [-0.3, -0.25) is 24.6 Å². The van der Waals surface area contributed by atoms with Crippen molar-refractivity contribution < 1.29 is 19.3 Å². The number of benzene rings is 2. The molecular formula is C18H12Cl2N2O5. The Morgan fingerprint density at radius 3 is 2.15 bits per heavy atom. The van der Waals surface area contributed by atoms with Crippen LogP contribution in [0.15, 0.2) is 42.5 Å². The number of nitro groups is 1. The summed E-state index contributed by atoms with van der Waals surface area (Å²) in [6.07, 6.45) is 0.362. The van der Waals surface area contributed by atoms with Crippen molar-refractivity contribution in [1.82, 2.24) is 4.90 Å². The topological polar surface area (TPSA) is 97.6 Å². The number of aldehydes is 1. The molecule has 2 aromatic rings. The van der Waals surface area contributed by atoms with E-state index in [2.05, 4.69) is 0 Å². The van der Waals surface area contributed by atoms with Crippen LogP contribution in [-0.2, 0) is 4.79 Å². The number of fused-ring (bicyclic) bond motifs is 1. The number of halogens is 2. The largest absolute Gasteiger partial charge is 0.301 e. The van der Waals surface area contributed by atoms with E-state index in [-0.39, 0.29) is 21.7 Å². The van der Waals surface area contributed by atoms with Gasteiger partial charge in [0.15, 0.2) is 0 Å². The molecule has 0 unspecified atom stereocenters. The third-order valence-electron chi connectivity index (χ3n) is 4.38. The standard InChI is InChI=1S/C18H12Cl2N2O5/c19-10-5-6-11(15(20)7-10)14(8-21(26)27)16(9-23)22-17(24)12-3-1-2-4-13(12)18(22)25/h1-7,9,14,16H,8H2/t14-,16+/m1/s1. The van der Waals surface area contributed by atoms with Crippen LogP contribution in [0.2, 0.25) is 10.0 Å². The summed E-state index contributed by atoms with van der Waals surface area (Å²) >= 11 is 12.0. The van der Waals surface area contributed by atoms with Gasteiger partial charge < -0.3 is 4.79 Å². The molecule has 1 heterocycles. The number of carbonyl (C=O) groups is 3. The molecule has 0 N–H and O–H groups in total. The van der Waals surface area contributed by atoms with E-state index >= 15 is 0 Å². The highest BCUT2D eigenvalue weighted by molar-refractivity contribution is 6.35. The Hall–Kier alpha value is -2.77. The molecule has 0 aliphatic carbocycles. The highest BCUT2D eigenvalue weighted by Gasteiger charge is 2.44. The van der Waals surface area contributed by atoms with Gasteiger partial charge in [0.2, 0.25) is 6.54 Å². The van der Waals surface area contributed by atoms with Gasteiger partial charge in [-0.05, 0) is 29.8 Å². The first-order valence-corrected chi connectivity index (χ1v) is 8.59. The molecule has 0 fully saturated rings. The van der Waals surface area contributed by atoms with E-state index in [1.807, 2.05) is 0 Å². The van der Waals surface area contributed by atoms with Crippen LogP contribution >= 0.6 is 23.2 Å². The van der Waals surface area contributed by atoms with E-state index in [1.54, 1.807) is 12.1 Å². The Morgan fingerprint density at radius 1 is 1.07 bits per heavy atom. The summed E-state index contributed by atoms with van der Waals surface area (Å²) in [5.74, 6) is -2.47. The predicted molar refractivity (Wildman–Crippen MR) is 97.9 cm³/mol. The highest BCUT2D eigenvalue weighted by atomic mass is 35.5. The van der Waals surface area contributed by atoms with Gasteiger partial charge in [-0.1, -0.05) is 41.4 Å².